The van der Waals surface area contributed by atoms with Crippen molar-refractivity contribution in [2.75, 3.05) is 36.0 Å². The summed E-state index contributed by atoms with van der Waals surface area (Å²) >= 11 is 0. The molecule has 0 radical (unpaired) electrons. The smallest absolute Gasteiger partial charge is 0.414 e. The van der Waals surface area contributed by atoms with Crippen LogP contribution >= 0.6 is 0 Å². The number of carbonyl (C=O) groups excluding carboxylic acids is 2. The fraction of sp³-hybridized carbons (Fsp3) is 0.500. The van der Waals surface area contributed by atoms with Crippen LogP contribution < -0.4 is 15.1 Å². The van der Waals surface area contributed by atoms with E-state index < -0.39 is 29.5 Å². The number of hydrogen-bond acceptors (Lipinski definition) is 4. The Hall–Kier alpha value is -2.45. The summed E-state index contributed by atoms with van der Waals surface area (Å²) in [6, 6.07) is 2.04. The first kappa shape index (κ1) is 17.4. The van der Waals surface area contributed by atoms with Gasteiger partial charge in [0.2, 0.25) is 5.91 Å². The molecule has 0 aliphatic carbocycles. The zero-order valence-corrected chi connectivity index (χ0v) is 13.8. The lowest BCUT2D eigenvalue weighted by molar-refractivity contribution is -0.119. The fourth-order valence-electron chi connectivity index (χ4n) is 3.01. The second-order valence-corrected chi connectivity index (χ2v) is 6.58. The zero-order valence-electron chi connectivity index (χ0n) is 13.8. The monoisotopic (exact) mass is 357 g/mol. The highest BCUT2D eigenvalue weighted by atomic mass is 19.1. The summed E-state index contributed by atoms with van der Waals surface area (Å²) in [6.45, 7) is 2.68. The minimum Gasteiger partial charge on any atom is -0.442 e. The van der Waals surface area contributed by atoms with Crippen LogP contribution in [0.2, 0.25) is 0 Å². The molecule has 0 unspecified atom stereocenters. The minimum atomic E-state index is -1.47. The van der Waals surface area contributed by atoms with Gasteiger partial charge in [0.05, 0.1) is 31.9 Å². The first-order chi connectivity index (χ1) is 11.7. The summed E-state index contributed by atoms with van der Waals surface area (Å²) in [7, 11) is 0. The van der Waals surface area contributed by atoms with Crippen LogP contribution in [0, 0.1) is 11.6 Å². The normalized spacial score (nSPS) is 21.8. The maximum atomic E-state index is 14.3. The molecule has 2 aliphatic heterocycles. The first-order valence-electron chi connectivity index (χ1n) is 7.82. The molecule has 1 aromatic rings. The molecule has 1 atom stereocenters. The van der Waals surface area contributed by atoms with Crippen molar-refractivity contribution in [2.24, 2.45) is 0 Å². The molecule has 2 aliphatic rings. The molecule has 2 fully saturated rings. The largest absolute Gasteiger partial charge is 0.442 e. The van der Waals surface area contributed by atoms with Gasteiger partial charge >= 0.3 is 6.09 Å². The van der Waals surface area contributed by atoms with Crippen molar-refractivity contribution in [1.82, 2.24) is 5.32 Å². The maximum absolute atomic E-state index is 14.3. The van der Waals surface area contributed by atoms with Crippen LogP contribution in [0.1, 0.15) is 13.8 Å². The van der Waals surface area contributed by atoms with Gasteiger partial charge in [0.1, 0.15) is 17.5 Å². The number of nitrogens with one attached hydrogen (secondary N) is 1. The SMILES string of the molecule is CC(=O)NC[C@H]1CN(c2cc(F)c(N3CC(C)(F)C3)c(F)c2)C(=O)O1. The van der Waals surface area contributed by atoms with Gasteiger partial charge in [-0.2, -0.15) is 0 Å². The van der Waals surface area contributed by atoms with E-state index in [0.717, 1.165) is 17.0 Å². The molecular formula is C16H18F3N3O3. The van der Waals surface area contributed by atoms with Crippen molar-refractivity contribution in [3.05, 3.63) is 23.8 Å². The Bertz CT molecular complexity index is 695. The minimum absolute atomic E-state index is 0.0117. The predicted octanol–water partition coefficient (Wildman–Crippen LogP) is 1.97. The second kappa shape index (κ2) is 6.12. The molecule has 136 valence electrons. The van der Waals surface area contributed by atoms with Gasteiger partial charge in [-0.25, -0.2) is 18.0 Å². The molecule has 25 heavy (non-hydrogen) atoms. The summed E-state index contributed by atoms with van der Waals surface area (Å²) in [5.41, 5.74) is -1.76. The molecule has 6 nitrogen and oxygen atoms in total. The third-order valence-corrected chi connectivity index (χ3v) is 4.12. The quantitative estimate of drug-likeness (QED) is 0.895. The van der Waals surface area contributed by atoms with E-state index in [1.165, 1.54) is 18.7 Å². The number of halogens is 3. The lowest BCUT2D eigenvalue weighted by Gasteiger charge is -2.44. The van der Waals surface area contributed by atoms with E-state index in [1.54, 1.807) is 0 Å². The van der Waals surface area contributed by atoms with Gasteiger partial charge in [-0.1, -0.05) is 0 Å². The summed E-state index contributed by atoms with van der Waals surface area (Å²) in [4.78, 5) is 25.2. The highest BCUT2D eigenvalue weighted by molar-refractivity contribution is 5.90. The van der Waals surface area contributed by atoms with Crippen LogP contribution in [-0.4, -0.2) is 50.0 Å². The highest BCUT2D eigenvalue weighted by Gasteiger charge is 2.41. The van der Waals surface area contributed by atoms with E-state index in [2.05, 4.69) is 5.32 Å². The summed E-state index contributed by atoms with van der Waals surface area (Å²) in [6.07, 6.45) is -1.35. The molecular weight excluding hydrogens is 339 g/mol. The van der Waals surface area contributed by atoms with E-state index in [4.69, 9.17) is 4.74 Å². The number of cyclic esters (lactones) is 1. The van der Waals surface area contributed by atoms with Crippen LogP contribution in [-0.2, 0) is 9.53 Å². The van der Waals surface area contributed by atoms with Crippen LogP contribution in [0.3, 0.4) is 0 Å². The van der Waals surface area contributed by atoms with E-state index in [0.29, 0.717) is 0 Å². The molecule has 0 spiro atoms. The number of benzene rings is 1. The van der Waals surface area contributed by atoms with Crippen molar-refractivity contribution in [3.8, 4) is 0 Å². The Kier molecular flexibility index (Phi) is 4.26. The highest BCUT2D eigenvalue weighted by Crippen LogP contribution is 2.36. The zero-order chi connectivity index (χ0) is 18.4. The molecule has 0 aromatic heterocycles. The number of carbonyl (C=O) groups is 2. The maximum Gasteiger partial charge on any atom is 0.414 e. The van der Waals surface area contributed by atoms with Crippen LogP contribution in [0.25, 0.3) is 0 Å². The molecule has 0 saturated carbocycles. The Morgan fingerprint density at radius 1 is 1.36 bits per heavy atom. The van der Waals surface area contributed by atoms with E-state index in [9.17, 15) is 22.8 Å². The third kappa shape index (κ3) is 3.49. The van der Waals surface area contributed by atoms with Gasteiger partial charge in [-0.05, 0) is 6.92 Å². The van der Waals surface area contributed by atoms with E-state index in [1.807, 2.05) is 0 Å². The average Bonchev–Trinajstić information content (AvgIpc) is 2.83. The van der Waals surface area contributed by atoms with Crippen molar-refractivity contribution in [3.63, 3.8) is 0 Å². The van der Waals surface area contributed by atoms with Gasteiger partial charge in [0, 0.05) is 19.1 Å². The van der Waals surface area contributed by atoms with Crippen molar-refractivity contribution in [1.29, 1.82) is 0 Å². The molecule has 2 amide bonds. The molecule has 1 N–H and O–H groups in total. The predicted molar refractivity (Wildman–Crippen MR) is 84.4 cm³/mol. The topological polar surface area (TPSA) is 61.9 Å². The van der Waals surface area contributed by atoms with Gasteiger partial charge in [-0.15, -0.1) is 0 Å². The van der Waals surface area contributed by atoms with Crippen LogP contribution in [0.15, 0.2) is 12.1 Å². The second-order valence-electron chi connectivity index (χ2n) is 6.58. The number of alkyl halides is 1. The van der Waals surface area contributed by atoms with Crippen molar-refractivity contribution < 1.29 is 27.5 Å². The third-order valence-electron chi connectivity index (χ3n) is 4.12. The summed E-state index contributed by atoms with van der Waals surface area (Å²) < 4.78 is 47.3. The number of nitrogens with zero attached hydrogens (tertiary/aromatic N) is 2. The standard InChI is InChI=1S/C16H18F3N3O3/c1-9(23)20-5-11-6-22(15(24)25-11)10-3-12(17)14(13(18)4-10)21-7-16(2,19)8-21/h3-4,11H,5-8H2,1-2H3,(H,20,23)/t11-/m0/s1. The number of hydrogen-bond donors (Lipinski definition) is 1. The number of amides is 2. The molecule has 0 bridgehead atoms. The molecule has 2 saturated heterocycles. The average molecular weight is 357 g/mol. The van der Waals surface area contributed by atoms with Crippen molar-refractivity contribution >= 4 is 23.4 Å². The first-order valence-corrected chi connectivity index (χ1v) is 7.82. The van der Waals surface area contributed by atoms with E-state index in [-0.39, 0.29) is 43.5 Å². The number of rotatable bonds is 4. The van der Waals surface area contributed by atoms with Gasteiger partial charge in [0.25, 0.3) is 0 Å². The van der Waals surface area contributed by atoms with Crippen LogP contribution in [0.4, 0.5) is 29.3 Å². The summed E-state index contributed by atoms with van der Waals surface area (Å²) in [5.74, 6) is -2.02. The summed E-state index contributed by atoms with van der Waals surface area (Å²) in [5, 5.41) is 2.52. The molecule has 2 heterocycles. The Morgan fingerprint density at radius 3 is 2.48 bits per heavy atom. The molecule has 1 aromatic carbocycles. The Labute approximate surface area is 142 Å². The Morgan fingerprint density at radius 2 is 1.96 bits per heavy atom. The Balaban J connectivity index is 1.75. The number of anilines is 2. The fourth-order valence-corrected chi connectivity index (χ4v) is 3.01. The number of ether oxygens (including phenoxy) is 1. The van der Waals surface area contributed by atoms with Gasteiger partial charge in [0.15, 0.2) is 11.6 Å². The van der Waals surface area contributed by atoms with Gasteiger partial charge < -0.3 is 15.0 Å². The lowest BCUT2D eigenvalue weighted by atomic mass is 9.98. The molecule has 9 heteroatoms. The van der Waals surface area contributed by atoms with Gasteiger partial charge in [-0.3, -0.25) is 9.69 Å². The van der Waals surface area contributed by atoms with Crippen LogP contribution in [0.5, 0.6) is 0 Å². The lowest BCUT2D eigenvalue weighted by Crippen LogP contribution is -2.57. The van der Waals surface area contributed by atoms with Crippen molar-refractivity contribution in [2.45, 2.75) is 25.6 Å². The van der Waals surface area contributed by atoms with E-state index >= 15 is 0 Å². The molecule has 3 rings (SSSR count).